The summed E-state index contributed by atoms with van der Waals surface area (Å²) in [6.45, 7) is 0.482. The summed E-state index contributed by atoms with van der Waals surface area (Å²) in [6.07, 6.45) is 0.615. The number of likely N-dealkylation sites (tertiary alicyclic amines) is 1. The van der Waals surface area contributed by atoms with Crippen molar-refractivity contribution in [3.63, 3.8) is 0 Å². The van der Waals surface area contributed by atoms with Gasteiger partial charge in [0.25, 0.3) is 0 Å². The van der Waals surface area contributed by atoms with Crippen LogP contribution in [0.4, 0.5) is 8.78 Å². The second-order valence-electron chi connectivity index (χ2n) is 5.06. The van der Waals surface area contributed by atoms with Crippen LogP contribution in [0.1, 0.15) is 24.4 Å². The van der Waals surface area contributed by atoms with Crippen molar-refractivity contribution >= 4 is 11.9 Å². The van der Waals surface area contributed by atoms with Gasteiger partial charge in [0.05, 0.1) is 5.92 Å². The predicted octanol–water partition coefficient (Wildman–Crippen LogP) is 1.89. The molecule has 114 valence electrons. The number of rotatable bonds is 4. The molecule has 1 atom stereocenters. The molecule has 2 N–H and O–H groups in total. The molecule has 5 nitrogen and oxygen atoms in total. The molecule has 1 saturated heterocycles. The number of nitrogens with zero attached hydrogens (tertiary/aromatic N) is 1. The van der Waals surface area contributed by atoms with Gasteiger partial charge in [-0.3, -0.25) is 14.5 Å². The van der Waals surface area contributed by atoms with Gasteiger partial charge >= 0.3 is 11.9 Å². The molecule has 0 radical (unpaired) electrons. The molecule has 1 heterocycles. The summed E-state index contributed by atoms with van der Waals surface area (Å²) in [5, 5.41) is 18.3. The van der Waals surface area contributed by atoms with Crippen LogP contribution in [0.5, 0.6) is 0 Å². The van der Waals surface area contributed by atoms with Gasteiger partial charge in [0, 0.05) is 24.7 Å². The van der Waals surface area contributed by atoms with Crippen molar-refractivity contribution in [1.29, 1.82) is 0 Å². The van der Waals surface area contributed by atoms with Crippen LogP contribution in [-0.4, -0.2) is 40.1 Å². The Balaban J connectivity index is 2.21. The minimum atomic E-state index is -1.24. The summed E-state index contributed by atoms with van der Waals surface area (Å²) < 4.78 is 26.7. The van der Waals surface area contributed by atoms with E-state index < -0.39 is 35.5 Å². The third-order valence-corrected chi connectivity index (χ3v) is 3.73. The van der Waals surface area contributed by atoms with E-state index in [1.165, 1.54) is 4.90 Å². The highest BCUT2D eigenvalue weighted by Crippen LogP contribution is 2.29. The van der Waals surface area contributed by atoms with Crippen molar-refractivity contribution in [2.45, 2.75) is 18.9 Å². The monoisotopic (exact) mass is 299 g/mol. The highest BCUT2D eigenvalue weighted by atomic mass is 19.1. The van der Waals surface area contributed by atoms with Crippen molar-refractivity contribution in [2.75, 3.05) is 13.1 Å². The van der Waals surface area contributed by atoms with Crippen LogP contribution in [0, 0.1) is 17.6 Å². The molecule has 2 rings (SSSR count). The first-order valence-corrected chi connectivity index (χ1v) is 6.54. The van der Waals surface area contributed by atoms with Crippen LogP contribution in [-0.2, 0) is 9.59 Å². The summed E-state index contributed by atoms with van der Waals surface area (Å²) in [7, 11) is 0. The second kappa shape index (κ2) is 6.17. The van der Waals surface area contributed by atoms with Gasteiger partial charge in [-0.25, -0.2) is 8.78 Å². The molecule has 21 heavy (non-hydrogen) atoms. The molecule has 0 spiro atoms. The van der Waals surface area contributed by atoms with E-state index in [2.05, 4.69) is 0 Å². The zero-order valence-corrected chi connectivity index (χ0v) is 11.1. The first-order chi connectivity index (χ1) is 9.90. The first kappa shape index (κ1) is 15.4. The van der Waals surface area contributed by atoms with Gasteiger partial charge < -0.3 is 10.2 Å². The molecular formula is C14H15F2NO4. The molecule has 1 fully saturated rings. The Morgan fingerprint density at radius 3 is 2.29 bits per heavy atom. The van der Waals surface area contributed by atoms with Gasteiger partial charge in [0.1, 0.15) is 17.7 Å². The summed E-state index contributed by atoms with van der Waals surface area (Å²) in [5.74, 6) is -4.34. The lowest BCUT2D eigenvalue weighted by Gasteiger charge is -2.34. The average molecular weight is 299 g/mol. The Morgan fingerprint density at radius 1 is 1.19 bits per heavy atom. The van der Waals surface area contributed by atoms with Gasteiger partial charge in [-0.05, 0) is 18.9 Å². The fourth-order valence-corrected chi connectivity index (χ4v) is 2.61. The van der Waals surface area contributed by atoms with Crippen LogP contribution in [0.3, 0.4) is 0 Å². The molecule has 0 amide bonds. The van der Waals surface area contributed by atoms with Crippen LogP contribution in [0.15, 0.2) is 18.2 Å². The molecule has 1 aliphatic rings. The fraction of sp³-hybridized carbons (Fsp3) is 0.429. The van der Waals surface area contributed by atoms with E-state index in [0.29, 0.717) is 18.9 Å². The number of benzene rings is 1. The van der Waals surface area contributed by atoms with Crippen molar-refractivity contribution in [2.24, 2.45) is 5.92 Å². The number of carbonyl (C=O) groups is 2. The molecule has 1 aromatic rings. The van der Waals surface area contributed by atoms with Crippen LogP contribution >= 0.6 is 0 Å². The topological polar surface area (TPSA) is 77.8 Å². The minimum Gasteiger partial charge on any atom is -0.481 e. The Morgan fingerprint density at radius 2 is 1.81 bits per heavy atom. The van der Waals surface area contributed by atoms with E-state index >= 15 is 0 Å². The highest BCUT2D eigenvalue weighted by Gasteiger charge is 2.34. The number of carboxylic acid groups (broad SMARTS) is 2. The quantitative estimate of drug-likeness (QED) is 0.887. The minimum absolute atomic E-state index is 0.113. The smallest absolute Gasteiger partial charge is 0.325 e. The summed E-state index contributed by atoms with van der Waals surface area (Å²) in [4.78, 5) is 23.8. The predicted molar refractivity (Wildman–Crippen MR) is 68.7 cm³/mol. The van der Waals surface area contributed by atoms with Crippen molar-refractivity contribution < 1.29 is 28.6 Å². The molecule has 1 unspecified atom stereocenters. The zero-order chi connectivity index (χ0) is 15.6. The third kappa shape index (κ3) is 3.36. The normalized spacial score (nSPS) is 18.4. The maximum atomic E-state index is 13.8. The number of carboxylic acids is 2. The van der Waals surface area contributed by atoms with Crippen molar-refractivity contribution in [3.8, 4) is 0 Å². The number of hydrogen-bond donors (Lipinski definition) is 2. The second-order valence-corrected chi connectivity index (χ2v) is 5.06. The van der Waals surface area contributed by atoms with E-state index in [-0.39, 0.29) is 18.7 Å². The molecule has 0 saturated carbocycles. The third-order valence-electron chi connectivity index (χ3n) is 3.73. The fourth-order valence-electron chi connectivity index (χ4n) is 2.61. The number of hydrogen-bond acceptors (Lipinski definition) is 3. The summed E-state index contributed by atoms with van der Waals surface area (Å²) in [5.41, 5.74) is -0.113. The summed E-state index contributed by atoms with van der Waals surface area (Å²) in [6, 6.07) is 1.54. The number of halogens is 2. The lowest BCUT2D eigenvalue weighted by molar-refractivity contribution is -0.146. The highest BCUT2D eigenvalue weighted by molar-refractivity contribution is 5.76. The van der Waals surface area contributed by atoms with Crippen molar-refractivity contribution in [3.05, 3.63) is 35.4 Å². The Hall–Kier alpha value is -2.02. The SMILES string of the molecule is O=C(O)C1CCN(C(C(=O)O)c2ccc(F)cc2F)CC1. The molecule has 0 aliphatic carbocycles. The van der Waals surface area contributed by atoms with E-state index in [0.717, 1.165) is 12.1 Å². The molecule has 1 aliphatic heterocycles. The molecular weight excluding hydrogens is 284 g/mol. The molecule has 1 aromatic carbocycles. The van der Waals surface area contributed by atoms with Gasteiger partial charge in [-0.1, -0.05) is 6.07 Å². The van der Waals surface area contributed by atoms with Crippen LogP contribution in [0.2, 0.25) is 0 Å². The molecule has 0 aromatic heterocycles. The van der Waals surface area contributed by atoms with Gasteiger partial charge in [-0.2, -0.15) is 0 Å². The average Bonchev–Trinajstić information content (AvgIpc) is 2.42. The summed E-state index contributed by atoms with van der Waals surface area (Å²) >= 11 is 0. The zero-order valence-electron chi connectivity index (χ0n) is 11.1. The van der Waals surface area contributed by atoms with Crippen LogP contribution < -0.4 is 0 Å². The van der Waals surface area contributed by atoms with E-state index in [1.807, 2.05) is 0 Å². The van der Waals surface area contributed by atoms with Crippen molar-refractivity contribution in [1.82, 2.24) is 4.90 Å². The first-order valence-electron chi connectivity index (χ1n) is 6.54. The van der Waals surface area contributed by atoms with Crippen LogP contribution in [0.25, 0.3) is 0 Å². The van der Waals surface area contributed by atoms with E-state index in [4.69, 9.17) is 5.11 Å². The van der Waals surface area contributed by atoms with Gasteiger partial charge in [-0.15, -0.1) is 0 Å². The molecule has 7 heteroatoms. The number of piperidine rings is 1. The Kier molecular flexibility index (Phi) is 4.52. The van der Waals surface area contributed by atoms with E-state index in [9.17, 15) is 23.5 Å². The van der Waals surface area contributed by atoms with E-state index in [1.54, 1.807) is 0 Å². The van der Waals surface area contributed by atoms with Gasteiger partial charge in [0.2, 0.25) is 0 Å². The molecule has 0 bridgehead atoms. The number of aliphatic carboxylic acids is 2. The standard InChI is InChI=1S/C14H15F2NO4/c15-9-1-2-10(11(16)7-9)12(14(20)21)17-5-3-8(4-6-17)13(18)19/h1-2,7-8,12H,3-6H2,(H,18,19)(H,20,21). The van der Waals surface area contributed by atoms with Gasteiger partial charge in [0.15, 0.2) is 0 Å². The maximum absolute atomic E-state index is 13.8. The Bertz CT molecular complexity index is 556. The lowest BCUT2D eigenvalue weighted by atomic mass is 9.94. The lowest BCUT2D eigenvalue weighted by Crippen LogP contribution is -2.42. The largest absolute Gasteiger partial charge is 0.481 e. The maximum Gasteiger partial charge on any atom is 0.325 e. The Labute approximate surface area is 119 Å².